The Labute approximate surface area is 98.7 Å². The lowest BCUT2D eigenvalue weighted by atomic mass is 10.0. The van der Waals surface area contributed by atoms with Crippen LogP contribution in [0, 0.1) is 0 Å². The zero-order chi connectivity index (χ0) is 12.2. The largest absolute Gasteiger partial charge is 0.390 e. The molecule has 0 aliphatic carbocycles. The maximum Gasteiger partial charge on any atom is 0.0608 e. The van der Waals surface area contributed by atoms with Crippen molar-refractivity contribution in [1.82, 2.24) is 0 Å². The van der Waals surface area contributed by atoms with Gasteiger partial charge in [0, 0.05) is 12.2 Å². The van der Waals surface area contributed by atoms with E-state index in [0.29, 0.717) is 5.92 Å². The molecule has 0 aromatic heterocycles. The fourth-order valence-electron chi connectivity index (χ4n) is 1.50. The number of hydrogen-bond donors (Lipinski definition) is 2. The monoisotopic (exact) mass is 221 g/mol. The third kappa shape index (κ3) is 4.67. The van der Waals surface area contributed by atoms with Gasteiger partial charge in [0.2, 0.25) is 0 Å². The summed E-state index contributed by atoms with van der Waals surface area (Å²) in [6.07, 6.45) is 0.749. The van der Waals surface area contributed by atoms with E-state index in [-0.39, 0.29) is 0 Å². The minimum Gasteiger partial charge on any atom is -0.390 e. The van der Waals surface area contributed by atoms with Crippen molar-refractivity contribution in [1.29, 1.82) is 0 Å². The lowest BCUT2D eigenvalue weighted by Crippen LogP contribution is -2.22. The molecule has 0 saturated carbocycles. The zero-order valence-electron chi connectivity index (χ0n) is 10.7. The molecule has 0 unspecified atom stereocenters. The van der Waals surface area contributed by atoms with Crippen molar-refractivity contribution in [2.75, 3.05) is 11.9 Å². The van der Waals surface area contributed by atoms with E-state index in [9.17, 15) is 5.11 Å². The number of nitrogens with one attached hydrogen (secondary N) is 1. The highest BCUT2D eigenvalue weighted by Gasteiger charge is 2.11. The summed E-state index contributed by atoms with van der Waals surface area (Å²) in [5.74, 6) is 0.574. The van der Waals surface area contributed by atoms with Gasteiger partial charge in [0.15, 0.2) is 0 Å². The molecule has 2 nitrogen and oxygen atoms in total. The first-order valence-electron chi connectivity index (χ1n) is 5.95. The van der Waals surface area contributed by atoms with Crippen molar-refractivity contribution in [2.24, 2.45) is 0 Å². The summed E-state index contributed by atoms with van der Waals surface area (Å²) in [5, 5.41) is 12.9. The van der Waals surface area contributed by atoms with Crippen LogP contribution in [-0.2, 0) is 0 Å². The van der Waals surface area contributed by atoms with E-state index < -0.39 is 5.60 Å². The van der Waals surface area contributed by atoms with E-state index in [1.54, 1.807) is 0 Å². The maximum atomic E-state index is 9.57. The zero-order valence-corrected chi connectivity index (χ0v) is 10.7. The minimum atomic E-state index is -0.592. The molecule has 90 valence electrons. The summed E-state index contributed by atoms with van der Waals surface area (Å²) in [7, 11) is 0. The molecule has 1 aromatic rings. The van der Waals surface area contributed by atoms with Gasteiger partial charge in [-0.1, -0.05) is 26.0 Å². The Kier molecular flexibility index (Phi) is 4.36. The van der Waals surface area contributed by atoms with Gasteiger partial charge >= 0.3 is 0 Å². The molecule has 0 aliphatic rings. The van der Waals surface area contributed by atoms with E-state index in [0.717, 1.165) is 18.7 Å². The van der Waals surface area contributed by atoms with Crippen molar-refractivity contribution >= 4 is 5.69 Å². The molecule has 1 aromatic carbocycles. The fourth-order valence-corrected chi connectivity index (χ4v) is 1.50. The number of hydrogen-bond acceptors (Lipinski definition) is 2. The van der Waals surface area contributed by atoms with E-state index in [4.69, 9.17) is 0 Å². The van der Waals surface area contributed by atoms with Gasteiger partial charge in [0.25, 0.3) is 0 Å². The highest BCUT2D eigenvalue weighted by Crippen LogP contribution is 2.17. The first-order valence-corrected chi connectivity index (χ1v) is 5.95. The molecule has 2 heteroatoms. The third-order valence-corrected chi connectivity index (χ3v) is 2.64. The van der Waals surface area contributed by atoms with Crippen LogP contribution in [0.3, 0.4) is 0 Å². The van der Waals surface area contributed by atoms with E-state index in [2.05, 4.69) is 43.4 Å². The second-order valence-electron chi connectivity index (χ2n) is 5.27. The molecule has 2 N–H and O–H groups in total. The van der Waals surface area contributed by atoms with Crippen molar-refractivity contribution < 1.29 is 5.11 Å². The van der Waals surface area contributed by atoms with Gasteiger partial charge in [-0.15, -0.1) is 0 Å². The Morgan fingerprint density at radius 2 is 1.75 bits per heavy atom. The van der Waals surface area contributed by atoms with E-state index in [1.807, 2.05) is 13.8 Å². The summed E-state index contributed by atoms with van der Waals surface area (Å²) >= 11 is 0. The molecule has 16 heavy (non-hydrogen) atoms. The number of rotatable bonds is 5. The van der Waals surface area contributed by atoms with Crippen LogP contribution in [0.4, 0.5) is 5.69 Å². The first kappa shape index (κ1) is 13.0. The Morgan fingerprint density at radius 1 is 1.19 bits per heavy atom. The van der Waals surface area contributed by atoms with Crippen molar-refractivity contribution in [3.63, 3.8) is 0 Å². The average molecular weight is 221 g/mol. The Morgan fingerprint density at radius 3 is 2.19 bits per heavy atom. The average Bonchev–Trinajstić information content (AvgIpc) is 2.16. The second kappa shape index (κ2) is 5.35. The summed E-state index contributed by atoms with van der Waals surface area (Å²) in [6.45, 7) is 8.84. The summed E-state index contributed by atoms with van der Waals surface area (Å²) in [5.41, 5.74) is 1.88. The molecular weight excluding hydrogens is 198 g/mol. The standard InChI is InChI=1S/C14H23NO/c1-11(2)12-5-7-13(8-6-12)15-10-9-14(3,4)16/h5-8,11,15-16H,9-10H2,1-4H3. The highest BCUT2D eigenvalue weighted by atomic mass is 16.3. The van der Waals surface area contributed by atoms with Crippen LogP contribution in [0.5, 0.6) is 0 Å². The summed E-state index contributed by atoms with van der Waals surface area (Å²) in [6, 6.07) is 8.49. The van der Waals surface area contributed by atoms with Gasteiger partial charge in [-0.3, -0.25) is 0 Å². The maximum absolute atomic E-state index is 9.57. The SMILES string of the molecule is CC(C)c1ccc(NCCC(C)(C)O)cc1. The van der Waals surface area contributed by atoms with Gasteiger partial charge < -0.3 is 10.4 Å². The number of benzene rings is 1. The van der Waals surface area contributed by atoms with Crippen LogP contribution >= 0.6 is 0 Å². The van der Waals surface area contributed by atoms with Gasteiger partial charge in [-0.25, -0.2) is 0 Å². The van der Waals surface area contributed by atoms with Crippen molar-refractivity contribution in [3.05, 3.63) is 29.8 Å². The van der Waals surface area contributed by atoms with Gasteiger partial charge in [0.1, 0.15) is 0 Å². The molecule has 0 atom stereocenters. The number of anilines is 1. The molecular formula is C14H23NO. The number of aliphatic hydroxyl groups is 1. The van der Waals surface area contributed by atoms with Gasteiger partial charge in [-0.05, 0) is 43.9 Å². The van der Waals surface area contributed by atoms with Gasteiger partial charge in [-0.2, -0.15) is 0 Å². The molecule has 0 heterocycles. The van der Waals surface area contributed by atoms with Crippen LogP contribution in [0.2, 0.25) is 0 Å². The Hall–Kier alpha value is -1.02. The summed E-state index contributed by atoms with van der Waals surface area (Å²) in [4.78, 5) is 0. The molecule has 0 fully saturated rings. The van der Waals surface area contributed by atoms with Crippen LogP contribution in [0.25, 0.3) is 0 Å². The molecule has 0 spiro atoms. The van der Waals surface area contributed by atoms with E-state index >= 15 is 0 Å². The van der Waals surface area contributed by atoms with Crippen molar-refractivity contribution in [3.8, 4) is 0 Å². The molecule has 0 amide bonds. The fraction of sp³-hybridized carbons (Fsp3) is 0.571. The lowest BCUT2D eigenvalue weighted by molar-refractivity contribution is 0.0749. The molecule has 0 radical (unpaired) electrons. The highest BCUT2D eigenvalue weighted by molar-refractivity contribution is 5.45. The second-order valence-corrected chi connectivity index (χ2v) is 5.27. The Bertz CT molecular complexity index is 309. The molecule has 0 saturated heterocycles. The summed E-state index contributed by atoms with van der Waals surface area (Å²) < 4.78 is 0. The Balaban J connectivity index is 2.44. The topological polar surface area (TPSA) is 32.3 Å². The molecule has 1 rings (SSSR count). The normalized spacial score (nSPS) is 11.9. The quantitative estimate of drug-likeness (QED) is 0.799. The molecule has 0 aliphatic heterocycles. The van der Waals surface area contributed by atoms with Crippen LogP contribution in [0.1, 0.15) is 45.6 Å². The van der Waals surface area contributed by atoms with Crippen molar-refractivity contribution in [2.45, 2.75) is 45.6 Å². The van der Waals surface area contributed by atoms with Crippen LogP contribution in [0.15, 0.2) is 24.3 Å². The minimum absolute atomic E-state index is 0.574. The first-order chi connectivity index (χ1) is 7.38. The predicted molar refractivity (Wildman–Crippen MR) is 69.9 cm³/mol. The van der Waals surface area contributed by atoms with E-state index in [1.165, 1.54) is 5.56 Å². The smallest absolute Gasteiger partial charge is 0.0608 e. The van der Waals surface area contributed by atoms with Gasteiger partial charge in [0.05, 0.1) is 5.60 Å². The lowest BCUT2D eigenvalue weighted by Gasteiger charge is -2.17. The predicted octanol–water partition coefficient (Wildman–Crippen LogP) is 3.38. The van der Waals surface area contributed by atoms with Crippen LogP contribution in [-0.4, -0.2) is 17.3 Å². The third-order valence-electron chi connectivity index (χ3n) is 2.64. The molecule has 0 bridgehead atoms. The van der Waals surface area contributed by atoms with Crippen LogP contribution < -0.4 is 5.32 Å².